The first-order valence-electron chi connectivity index (χ1n) is 7.28. The highest BCUT2D eigenvalue weighted by molar-refractivity contribution is 7.16. The summed E-state index contributed by atoms with van der Waals surface area (Å²) in [6.07, 6.45) is 7.02. The van der Waals surface area contributed by atoms with Crippen molar-refractivity contribution >= 4 is 22.2 Å². The fraction of sp³-hybridized carbons (Fsp3) is 0.600. The van der Waals surface area contributed by atoms with Gasteiger partial charge in [-0.2, -0.15) is 5.26 Å². The summed E-state index contributed by atoms with van der Waals surface area (Å²) in [5, 5.41) is 12.9. The van der Waals surface area contributed by atoms with Gasteiger partial charge in [-0.25, -0.2) is 0 Å². The van der Waals surface area contributed by atoms with E-state index >= 15 is 0 Å². The van der Waals surface area contributed by atoms with Gasteiger partial charge in [0.05, 0.1) is 11.6 Å². The lowest BCUT2D eigenvalue weighted by Crippen LogP contribution is -2.35. The van der Waals surface area contributed by atoms with Crippen molar-refractivity contribution < 1.29 is 4.79 Å². The summed E-state index contributed by atoms with van der Waals surface area (Å²) in [5.41, 5.74) is 7.63. The van der Waals surface area contributed by atoms with Gasteiger partial charge in [0.15, 0.2) is 0 Å². The molecule has 2 rings (SSSR count). The SMILES string of the molecule is CCCC(N)C(=O)Nc1sc2c(c1C#N)CCCCC2. The Hall–Kier alpha value is -1.38. The number of aryl methyl sites for hydroxylation is 1. The Balaban J connectivity index is 2.20. The van der Waals surface area contributed by atoms with Gasteiger partial charge in [-0.15, -0.1) is 11.3 Å². The molecule has 0 saturated carbocycles. The van der Waals surface area contributed by atoms with E-state index in [0.717, 1.165) is 31.2 Å². The molecule has 3 N–H and O–H groups in total. The summed E-state index contributed by atoms with van der Waals surface area (Å²) >= 11 is 1.55. The summed E-state index contributed by atoms with van der Waals surface area (Å²) in [7, 11) is 0. The zero-order valence-electron chi connectivity index (χ0n) is 11.9. The lowest BCUT2D eigenvalue weighted by Gasteiger charge is -2.10. The van der Waals surface area contributed by atoms with Crippen molar-refractivity contribution in [1.82, 2.24) is 0 Å². The number of hydrogen-bond acceptors (Lipinski definition) is 4. The van der Waals surface area contributed by atoms with Gasteiger partial charge in [0.25, 0.3) is 0 Å². The first-order chi connectivity index (χ1) is 9.67. The van der Waals surface area contributed by atoms with Gasteiger partial charge in [-0.1, -0.05) is 19.8 Å². The Kier molecular flexibility index (Phi) is 5.16. The number of nitriles is 1. The summed E-state index contributed by atoms with van der Waals surface area (Å²) in [6, 6.07) is 1.77. The molecule has 1 aliphatic carbocycles. The Morgan fingerprint density at radius 2 is 2.20 bits per heavy atom. The number of hydrogen-bond donors (Lipinski definition) is 2. The van der Waals surface area contributed by atoms with Crippen LogP contribution in [-0.4, -0.2) is 11.9 Å². The van der Waals surface area contributed by atoms with Crippen LogP contribution in [0.25, 0.3) is 0 Å². The number of anilines is 1. The molecule has 1 aromatic heterocycles. The van der Waals surface area contributed by atoms with E-state index in [4.69, 9.17) is 5.73 Å². The maximum atomic E-state index is 12.0. The summed E-state index contributed by atoms with van der Waals surface area (Å²) < 4.78 is 0. The highest BCUT2D eigenvalue weighted by Crippen LogP contribution is 2.36. The Morgan fingerprint density at radius 3 is 2.90 bits per heavy atom. The first-order valence-corrected chi connectivity index (χ1v) is 8.10. The number of rotatable bonds is 4. The fourth-order valence-electron chi connectivity index (χ4n) is 2.60. The molecule has 1 unspecified atom stereocenters. The largest absolute Gasteiger partial charge is 0.320 e. The van der Waals surface area contributed by atoms with Crippen LogP contribution in [-0.2, 0) is 17.6 Å². The summed E-state index contributed by atoms with van der Waals surface area (Å²) in [4.78, 5) is 13.3. The van der Waals surface area contributed by atoms with Gasteiger partial charge >= 0.3 is 0 Å². The molecule has 20 heavy (non-hydrogen) atoms. The molecule has 108 valence electrons. The van der Waals surface area contributed by atoms with Crippen LogP contribution in [0.2, 0.25) is 0 Å². The second-order valence-electron chi connectivity index (χ2n) is 5.26. The van der Waals surface area contributed by atoms with Crippen molar-refractivity contribution in [3.63, 3.8) is 0 Å². The molecule has 1 atom stereocenters. The molecule has 1 heterocycles. The zero-order valence-corrected chi connectivity index (χ0v) is 12.7. The van der Waals surface area contributed by atoms with Gasteiger partial charge in [0.1, 0.15) is 11.1 Å². The number of nitrogens with two attached hydrogens (primary N) is 1. The van der Waals surface area contributed by atoms with Crippen LogP contribution in [0.1, 0.15) is 55.0 Å². The minimum absolute atomic E-state index is 0.181. The topological polar surface area (TPSA) is 78.9 Å². The van der Waals surface area contributed by atoms with E-state index < -0.39 is 6.04 Å². The molecule has 5 heteroatoms. The lowest BCUT2D eigenvalue weighted by atomic mass is 10.1. The molecule has 0 fully saturated rings. The predicted molar refractivity (Wildman–Crippen MR) is 81.8 cm³/mol. The molecule has 1 aliphatic rings. The van der Waals surface area contributed by atoms with E-state index in [1.807, 2.05) is 6.92 Å². The van der Waals surface area contributed by atoms with Crippen LogP contribution in [0.3, 0.4) is 0 Å². The Morgan fingerprint density at radius 1 is 1.45 bits per heavy atom. The number of fused-ring (bicyclic) bond motifs is 1. The summed E-state index contributed by atoms with van der Waals surface area (Å²) in [5.74, 6) is -0.181. The monoisotopic (exact) mass is 291 g/mol. The molecule has 1 aromatic rings. The van der Waals surface area contributed by atoms with Crippen molar-refractivity contribution in [3.8, 4) is 6.07 Å². The van der Waals surface area contributed by atoms with E-state index in [1.54, 1.807) is 11.3 Å². The Bertz CT molecular complexity index is 530. The highest BCUT2D eigenvalue weighted by Gasteiger charge is 2.22. The fourth-order valence-corrected chi connectivity index (χ4v) is 3.84. The molecule has 4 nitrogen and oxygen atoms in total. The summed E-state index contributed by atoms with van der Waals surface area (Å²) in [6.45, 7) is 2.00. The molecule has 0 saturated heterocycles. The smallest absolute Gasteiger partial charge is 0.241 e. The molecular formula is C15H21N3OS. The van der Waals surface area contributed by atoms with Crippen LogP contribution in [0.4, 0.5) is 5.00 Å². The van der Waals surface area contributed by atoms with Gasteiger partial charge in [-0.3, -0.25) is 4.79 Å². The van der Waals surface area contributed by atoms with Gasteiger partial charge in [0.2, 0.25) is 5.91 Å². The number of nitrogens with zero attached hydrogens (tertiary/aromatic N) is 1. The predicted octanol–water partition coefficient (Wildman–Crippen LogP) is 2.95. The van der Waals surface area contributed by atoms with E-state index in [1.165, 1.54) is 17.7 Å². The molecule has 0 aromatic carbocycles. The average molecular weight is 291 g/mol. The quantitative estimate of drug-likeness (QED) is 0.837. The van der Waals surface area contributed by atoms with Gasteiger partial charge in [-0.05, 0) is 37.7 Å². The standard InChI is InChI=1S/C15H21N3OS/c1-2-6-12(17)14(19)18-15-11(9-16)10-7-4-3-5-8-13(10)20-15/h12H,2-8,17H2,1H3,(H,18,19). The molecular weight excluding hydrogens is 270 g/mol. The minimum Gasteiger partial charge on any atom is -0.320 e. The highest BCUT2D eigenvalue weighted by atomic mass is 32.1. The Labute approximate surface area is 124 Å². The van der Waals surface area contributed by atoms with E-state index in [9.17, 15) is 10.1 Å². The third-order valence-electron chi connectivity index (χ3n) is 3.71. The third-order valence-corrected chi connectivity index (χ3v) is 4.91. The van der Waals surface area contributed by atoms with Crippen molar-refractivity contribution in [2.75, 3.05) is 5.32 Å². The molecule has 0 bridgehead atoms. The van der Waals surface area contributed by atoms with E-state index in [2.05, 4.69) is 11.4 Å². The van der Waals surface area contributed by atoms with Crippen LogP contribution >= 0.6 is 11.3 Å². The van der Waals surface area contributed by atoms with Crippen molar-refractivity contribution in [2.24, 2.45) is 5.73 Å². The third kappa shape index (κ3) is 3.20. The van der Waals surface area contributed by atoms with E-state index in [0.29, 0.717) is 17.0 Å². The minimum atomic E-state index is -0.492. The zero-order chi connectivity index (χ0) is 14.5. The number of nitrogens with one attached hydrogen (secondary N) is 1. The maximum absolute atomic E-state index is 12.0. The van der Waals surface area contributed by atoms with Crippen LogP contribution in [0.15, 0.2) is 0 Å². The number of amides is 1. The van der Waals surface area contributed by atoms with Crippen molar-refractivity contribution in [3.05, 3.63) is 16.0 Å². The first kappa shape index (κ1) is 15.0. The molecule has 0 aliphatic heterocycles. The van der Waals surface area contributed by atoms with Gasteiger partial charge < -0.3 is 11.1 Å². The second-order valence-corrected chi connectivity index (χ2v) is 6.37. The molecule has 1 amide bonds. The maximum Gasteiger partial charge on any atom is 0.241 e. The van der Waals surface area contributed by atoms with Crippen LogP contribution in [0.5, 0.6) is 0 Å². The number of carbonyl (C=O) groups excluding carboxylic acids is 1. The van der Waals surface area contributed by atoms with Crippen molar-refractivity contribution in [1.29, 1.82) is 5.26 Å². The lowest BCUT2D eigenvalue weighted by molar-refractivity contribution is -0.117. The van der Waals surface area contributed by atoms with E-state index in [-0.39, 0.29) is 5.91 Å². The van der Waals surface area contributed by atoms with Gasteiger partial charge in [0, 0.05) is 4.88 Å². The van der Waals surface area contributed by atoms with Crippen LogP contribution < -0.4 is 11.1 Å². The van der Waals surface area contributed by atoms with Crippen LogP contribution in [0, 0.1) is 11.3 Å². The molecule has 0 spiro atoms. The number of carbonyl (C=O) groups is 1. The molecule has 0 radical (unpaired) electrons. The van der Waals surface area contributed by atoms with Crippen molar-refractivity contribution in [2.45, 2.75) is 57.9 Å². The normalized spacial score (nSPS) is 15.8. The average Bonchev–Trinajstić information content (AvgIpc) is 2.60. The number of thiophene rings is 1. The second kappa shape index (κ2) is 6.87.